The van der Waals surface area contributed by atoms with Gasteiger partial charge in [-0.05, 0) is 0 Å². The van der Waals surface area contributed by atoms with Crippen LogP contribution in [0.1, 0.15) is 19.8 Å². The van der Waals surface area contributed by atoms with Gasteiger partial charge >= 0.3 is 5.97 Å². The van der Waals surface area contributed by atoms with E-state index in [4.69, 9.17) is 9.84 Å². The van der Waals surface area contributed by atoms with Crippen molar-refractivity contribution in [2.45, 2.75) is 25.4 Å². The SMILES string of the molecule is COC1(C(=O)O)CCN(C(C)=O)CC1. The van der Waals surface area contributed by atoms with Gasteiger partial charge in [0.05, 0.1) is 0 Å². The summed E-state index contributed by atoms with van der Waals surface area (Å²) in [5.41, 5.74) is -1.09. The van der Waals surface area contributed by atoms with Crippen LogP contribution in [0.4, 0.5) is 0 Å². The Balaban J connectivity index is 2.64. The van der Waals surface area contributed by atoms with Crippen molar-refractivity contribution in [1.82, 2.24) is 4.90 Å². The molecule has 0 saturated carbocycles. The third-order valence-electron chi connectivity index (χ3n) is 2.80. The van der Waals surface area contributed by atoms with Crippen LogP contribution >= 0.6 is 0 Å². The lowest BCUT2D eigenvalue weighted by atomic mass is 9.91. The van der Waals surface area contributed by atoms with Crippen LogP contribution in [-0.2, 0) is 14.3 Å². The first-order valence-corrected chi connectivity index (χ1v) is 4.56. The molecular weight excluding hydrogens is 186 g/mol. The molecule has 0 aromatic heterocycles. The Bertz CT molecular complexity index is 243. The molecule has 1 N–H and O–H groups in total. The zero-order chi connectivity index (χ0) is 10.8. The Morgan fingerprint density at radius 2 is 1.86 bits per heavy atom. The van der Waals surface area contributed by atoms with E-state index < -0.39 is 11.6 Å². The normalized spacial score (nSPS) is 20.6. The van der Waals surface area contributed by atoms with E-state index in [1.54, 1.807) is 4.90 Å². The van der Waals surface area contributed by atoms with Crippen LogP contribution in [0.2, 0.25) is 0 Å². The minimum absolute atomic E-state index is 0.0138. The first kappa shape index (κ1) is 11.0. The average Bonchev–Trinajstić information content (AvgIpc) is 2.17. The lowest BCUT2D eigenvalue weighted by molar-refractivity contribution is -0.169. The second-order valence-corrected chi connectivity index (χ2v) is 3.51. The molecule has 1 saturated heterocycles. The van der Waals surface area contributed by atoms with Gasteiger partial charge < -0.3 is 14.7 Å². The number of piperidine rings is 1. The molecule has 0 radical (unpaired) electrons. The molecule has 1 rings (SSSR count). The molecule has 1 amide bonds. The topological polar surface area (TPSA) is 66.8 Å². The van der Waals surface area contributed by atoms with E-state index >= 15 is 0 Å². The van der Waals surface area contributed by atoms with Crippen LogP contribution in [-0.4, -0.2) is 47.7 Å². The van der Waals surface area contributed by atoms with Crippen molar-refractivity contribution in [3.8, 4) is 0 Å². The number of hydrogen-bond acceptors (Lipinski definition) is 3. The van der Waals surface area contributed by atoms with Gasteiger partial charge in [-0.2, -0.15) is 0 Å². The summed E-state index contributed by atoms with van der Waals surface area (Å²) in [4.78, 5) is 23.6. The molecule has 1 aliphatic heterocycles. The second-order valence-electron chi connectivity index (χ2n) is 3.51. The average molecular weight is 201 g/mol. The van der Waals surface area contributed by atoms with Crippen molar-refractivity contribution in [2.75, 3.05) is 20.2 Å². The molecule has 5 nitrogen and oxygen atoms in total. The monoisotopic (exact) mass is 201 g/mol. The molecule has 0 spiro atoms. The Morgan fingerprint density at radius 1 is 1.36 bits per heavy atom. The molecule has 0 unspecified atom stereocenters. The summed E-state index contributed by atoms with van der Waals surface area (Å²) in [5, 5.41) is 8.99. The fourth-order valence-electron chi connectivity index (χ4n) is 1.69. The maximum absolute atomic E-state index is 11.0. The molecule has 5 heteroatoms. The molecule has 1 heterocycles. The Hall–Kier alpha value is -1.10. The van der Waals surface area contributed by atoms with Gasteiger partial charge in [-0.3, -0.25) is 4.79 Å². The largest absolute Gasteiger partial charge is 0.479 e. The smallest absolute Gasteiger partial charge is 0.336 e. The number of nitrogens with zero attached hydrogens (tertiary/aromatic N) is 1. The van der Waals surface area contributed by atoms with Gasteiger partial charge in [0.2, 0.25) is 5.91 Å². The number of carbonyl (C=O) groups is 2. The minimum Gasteiger partial charge on any atom is -0.479 e. The molecule has 0 atom stereocenters. The Kier molecular flexibility index (Phi) is 3.10. The van der Waals surface area contributed by atoms with Crippen molar-refractivity contribution in [3.63, 3.8) is 0 Å². The van der Waals surface area contributed by atoms with Crippen molar-refractivity contribution in [1.29, 1.82) is 0 Å². The molecule has 0 aromatic carbocycles. The van der Waals surface area contributed by atoms with E-state index in [-0.39, 0.29) is 5.91 Å². The predicted octanol–water partition coefficient (Wildman–Crippen LogP) is 0.0985. The van der Waals surface area contributed by atoms with E-state index in [2.05, 4.69) is 0 Å². The molecule has 1 fully saturated rings. The zero-order valence-corrected chi connectivity index (χ0v) is 8.45. The number of carboxylic acids is 1. The highest BCUT2D eigenvalue weighted by Crippen LogP contribution is 2.25. The number of methoxy groups -OCH3 is 1. The maximum Gasteiger partial charge on any atom is 0.336 e. The van der Waals surface area contributed by atoms with Crippen molar-refractivity contribution >= 4 is 11.9 Å². The van der Waals surface area contributed by atoms with Gasteiger partial charge in [-0.15, -0.1) is 0 Å². The summed E-state index contributed by atoms with van der Waals surface area (Å²) < 4.78 is 5.03. The van der Waals surface area contributed by atoms with Crippen molar-refractivity contribution in [2.24, 2.45) is 0 Å². The second kappa shape index (κ2) is 3.96. The Labute approximate surface area is 82.6 Å². The third kappa shape index (κ3) is 1.87. The molecule has 14 heavy (non-hydrogen) atoms. The molecule has 0 aromatic rings. The fraction of sp³-hybridized carbons (Fsp3) is 0.778. The summed E-state index contributed by atoms with van der Waals surface area (Å²) >= 11 is 0. The quantitative estimate of drug-likeness (QED) is 0.688. The van der Waals surface area contributed by atoms with Crippen LogP contribution in [0, 0.1) is 0 Å². The zero-order valence-electron chi connectivity index (χ0n) is 8.45. The number of likely N-dealkylation sites (tertiary alicyclic amines) is 1. The number of amides is 1. The van der Waals surface area contributed by atoms with E-state index in [9.17, 15) is 9.59 Å². The fourth-order valence-corrected chi connectivity index (χ4v) is 1.69. The Morgan fingerprint density at radius 3 is 2.14 bits per heavy atom. The van der Waals surface area contributed by atoms with Crippen LogP contribution in [0.5, 0.6) is 0 Å². The molecule has 80 valence electrons. The highest BCUT2D eigenvalue weighted by atomic mass is 16.5. The van der Waals surface area contributed by atoms with Gasteiger partial charge in [0, 0.05) is 40.0 Å². The summed E-state index contributed by atoms with van der Waals surface area (Å²) in [6, 6.07) is 0. The molecule has 0 bridgehead atoms. The molecular formula is C9H15NO4. The number of carboxylic acid groups (broad SMARTS) is 1. The standard InChI is InChI=1S/C9H15NO4/c1-7(11)10-5-3-9(14-2,4-6-10)8(12)13/h3-6H2,1-2H3,(H,12,13). The van der Waals surface area contributed by atoms with Crippen molar-refractivity contribution in [3.05, 3.63) is 0 Å². The minimum atomic E-state index is -1.09. The number of carbonyl (C=O) groups excluding carboxylic acids is 1. The van der Waals surface area contributed by atoms with Gasteiger partial charge in [0.1, 0.15) is 0 Å². The number of hydrogen-bond donors (Lipinski definition) is 1. The summed E-state index contributed by atoms with van der Waals surface area (Å²) in [6.45, 7) is 2.39. The van der Waals surface area contributed by atoms with Crippen molar-refractivity contribution < 1.29 is 19.4 Å². The van der Waals surface area contributed by atoms with E-state index in [0.717, 1.165) is 0 Å². The number of ether oxygens (including phenoxy) is 1. The van der Waals surface area contributed by atoms with E-state index in [1.807, 2.05) is 0 Å². The summed E-state index contributed by atoms with van der Waals surface area (Å²) in [7, 11) is 1.40. The lowest BCUT2D eigenvalue weighted by Gasteiger charge is -2.37. The highest BCUT2D eigenvalue weighted by Gasteiger charge is 2.42. The summed E-state index contributed by atoms with van der Waals surface area (Å²) in [6.07, 6.45) is 0.719. The first-order valence-electron chi connectivity index (χ1n) is 4.56. The van der Waals surface area contributed by atoms with Crippen LogP contribution in [0.3, 0.4) is 0 Å². The third-order valence-corrected chi connectivity index (χ3v) is 2.80. The van der Waals surface area contributed by atoms with E-state index in [0.29, 0.717) is 25.9 Å². The molecule has 1 aliphatic rings. The van der Waals surface area contributed by atoms with Gasteiger partial charge in [-0.1, -0.05) is 0 Å². The maximum atomic E-state index is 11.0. The van der Waals surface area contributed by atoms with Gasteiger partial charge in [-0.25, -0.2) is 4.79 Å². The first-order chi connectivity index (χ1) is 6.52. The summed E-state index contributed by atoms with van der Waals surface area (Å²) in [5.74, 6) is -0.955. The van der Waals surface area contributed by atoms with Crippen LogP contribution in [0.15, 0.2) is 0 Å². The number of rotatable bonds is 2. The highest BCUT2D eigenvalue weighted by molar-refractivity contribution is 5.79. The lowest BCUT2D eigenvalue weighted by Crippen LogP contribution is -2.51. The predicted molar refractivity (Wildman–Crippen MR) is 48.9 cm³/mol. The van der Waals surface area contributed by atoms with Gasteiger partial charge in [0.15, 0.2) is 5.60 Å². The van der Waals surface area contributed by atoms with Gasteiger partial charge in [0.25, 0.3) is 0 Å². The number of aliphatic carboxylic acids is 1. The van der Waals surface area contributed by atoms with Crippen LogP contribution < -0.4 is 0 Å². The molecule has 0 aliphatic carbocycles. The van der Waals surface area contributed by atoms with Crippen LogP contribution in [0.25, 0.3) is 0 Å². The van der Waals surface area contributed by atoms with E-state index in [1.165, 1.54) is 14.0 Å².